The minimum atomic E-state index is -0.268. The summed E-state index contributed by atoms with van der Waals surface area (Å²) in [6.45, 7) is 4.53. The predicted molar refractivity (Wildman–Crippen MR) is 142 cm³/mol. The molecule has 0 heterocycles. The van der Waals surface area contributed by atoms with Crippen LogP contribution < -0.4 is 4.74 Å². The van der Waals surface area contributed by atoms with Crippen molar-refractivity contribution < 1.29 is 9.53 Å². The minimum Gasteiger partial charge on any atom is -0.423 e. The smallest absolute Gasteiger partial charge is 0.343 e. The SMILES string of the molecule is CCCCc1ccc(OC(=O)c2ccc([C@H]3CC[C@H]([C@H]4CC[C@H](CCC)CC4)CC3)cc2)cc1. The molecule has 0 atom stereocenters. The zero-order valence-electron chi connectivity index (χ0n) is 21.4. The van der Waals surface area contributed by atoms with E-state index in [1.807, 2.05) is 24.3 Å². The van der Waals surface area contributed by atoms with Gasteiger partial charge in [-0.1, -0.05) is 70.2 Å². The molecule has 2 aliphatic carbocycles. The van der Waals surface area contributed by atoms with Crippen molar-refractivity contribution in [3.05, 3.63) is 65.2 Å². The second-order valence-electron chi connectivity index (χ2n) is 10.9. The van der Waals surface area contributed by atoms with Crippen LogP contribution in [0.4, 0.5) is 0 Å². The lowest BCUT2D eigenvalue weighted by atomic mass is 9.68. The summed E-state index contributed by atoms with van der Waals surface area (Å²) < 4.78 is 5.61. The highest BCUT2D eigenvalue weighted by Crippen LogP contribution is 2.44. The first-order valence-corrected chi connectivity index (χ1v) is 14.1. The molecule has 2 nitrogen and oxygen atoms in total. The maximum absolute atomic E-state index is 12.6. The highest BCUT2D eigenvalue weighted by atomic mass is 16.5. The van der Waals surface area contributed by atoms with Gasteiger partial charge in [-0.15, -0.1) is 0 Å². The molecule has 0 amide bonds. The number of aryl methyl sites for hydroxylation is 1. The second kappa shape index (κ2) is 12.6. The fourth-order valence-corrected chi connectivity index (χ4v) is 6.44. The standard InChI is InChI=1S/C32H44O2/c1-3-5-7-25-10-22-31(23-11-25)34-32(33)30-20-18-29(19-21-30)28-16-14-27(15-17-28)26-12-8-24(6-4-2)9-13-26/h10-11,18-24,26-28H,3-9,12-17H2,1-2H3/t24-,26-,27-,28-. The third-order valence-corrected chi connectivity index (χ3v) is 8.60. The van der Waals surface area contributed by atoms with Gasteiger partial charge in [0.05, 0.1) is 5.56 Å². The lowest BCUT2D eigenvalue weighted by Crippen LogP contribution is -2.25. The summed E-state index contributed by atoms with van der Waals surface area (Å²) in [5.41, 5.74) is 3.32. The quantitative estimate of drug-likeness (QED) is 0.275. The van der Waals surface area contributed by atoms with Crippen LogP contribution in [0.5, 0.6) is 5.75 Å². The fourth-order valence-electron chi connectivity index (χ4n) is 6.44. The van der Waals surface area contributed by atoms with Crippen molar-refractivity contribution in [3.63, 3.8) is 0 Å². The summed E-state index contributed by atoms with van der Waals surface area (Å²) in [6.07, 6.45) is 17.5. The molecule has 2 aromatic carbocycles. The van der Waals surface area contributed by atoms with Crippen molar-refractivity contribution in [3.8, 4) is 5.75 Å². The van der Waals surface area contributed by atoms with Gasteiger partial charge in [-0.2, -0.15) is 0 Å². The number of hydrogen-bond acceptors (Lipinski definition) is 2. The molecule has 0 N–H and O–H groups in total. The molecule has 0 aromatic heterocycles. The Balaban J connectivity index is 1.24. The average molecular weight is 461 g/mol. The van der Waals surface area contributed by atoms with E-state index in [0.717, 1.165) is 24.2 Å². The minimum absolute atomic E-state index is 0.268. The maximum atomic E-state index is 12.6. The molecular formula is C32H44O2. The number of carbonyl (C=O) groups is 1. The van der Waals surface area contributed by atoms with Crippen LogP contribution in [0.25, 0.3) is 0 Å². The van der Waals surface area contributed by atoms with Gasteiger partial charge in [0.25, 0.3) is 0 Å². The topological polar surface area (TPSA) is 26.3 Å². The Morgan fingerprint density at radius 3 is 1.97 bits per heavy atom. The lowest BCUT2D eigenvalue weighted by Gasteiger charge is -2.38. The van der Waals surface area contributed by atoms with Crippen molar-refractivity contribution in [1.82, 2.24) is 0 Å². The molecule has 0 unspecified atom stereocenters. The number of esters is 1. The van der Waals surface area contributed by atoms with E-state index in [1.54, 1.807) is 0 Å². The molecule has 0 saturated heterocycles. The van der Waals surface area contributed by atoms with Gasteiger partial charge in [-0.05, 0) is 110 Å². The molecule has 4 rings (SSSR count). The monoisotopic (exact) mass is 460 g/mol. The van der Waals surface area contributed by atoms with Crippen LogP contribution in [0.2, 0.25) is 0 Å². The summed E-state index contributed by atoms with van der Waals surface area (Å²) in [6, 6.07) is 16.2. The highest BCUT2D eigenvalue weighted by Gasteiger charge is 2.31. The van der Waals surface area contributed by atoms with Gasteiger partial charge < -0.3 is 4.74 Å². The Bertz CT molecular complexity index is 866. The first kappa shape index (κ1) is 25.0. The molecule has 2 aliphatic rings. The van der Waals surface area contributed by atoms with Crippen molar-refractivity contribution >= 4 is 5.97 Å². The zero-order chi connectivity index (χ0) is 23.8. The van der Waals surface area contributed by atoms with Gasteiger partial charge in [0.2, 0.25) is 0 Å². The van der Waals surface area contributed by atoms with Gasteiger partial charge >= 0.3 is 5.97 Å². The third kappa shape index (κ3) is 6.74. The fraction of sp³-hybridized carbons (Fsp3) is 0.594. The summed E-state index contributed by atoms with van der Waals surface area (Å²) in [4.78, 5) is 12.6. The molecule has 0 spiro atoms. The number of unbranched alkanes of at least 4 members (excludes halogenated alkanes) is 1. The van der Waals surface area contributed by atoms with E-state index in [9.17, 15) is 4.79 Å². The molecule has 34 heavy (non-hydrogen) atoms. The van der Waals surface area contributed by atoms with Crippen molar-refractivity contribution in [2.45, 2.75) is 103 Å². The first-order chi connectivity index (χ1) is 16.7. The predicted octanol–water partition coefficient (Wildman–Crippen LogP) is 9.13. The van der Waals surface area contributed by atoms with Crippen LogP contribution in [0, 0.1) is 17.8 Å². The lowest BCUT2D eigenvalue weighted by molar-refractivity contribution is 0.0734. The maximum Gasteiger partial charge on any atom is 0.343 e. The Kier molecular flexibility index (Phi) is 9.25. The summed E-state index contributed by atoms with van der Waals surface area (Å²) in [7, 11) is 0. The van der Waals surface area contributed by atoms with E-state index in [1.165, 1.54) is 88.2 Å². The summed E-state index contributed by atoms with van der Waals surface area (Å²) in [5.74, 6) is 3.93. The van der Waals surface area contributed by atoms with Crippen LogP contribution in [-0.4, -0.2) is 5.97 Å². The van der Waals surface area contributed by atoms with Crippen LogP contribution in [0.3, 0.4) is 0 Å². The largest absolute Gasteiger partial charge is 0.423 e. The van der Waals surface area contributed by atoms with Crippen molar-refractivity contribution in [1.29, 1.82) is 0 Å². The number of rotatable bonds is 9. The molecular weight excluding hydrogens is 416 g/mol. The Morgan fingerprint density at radius 1 is 0.765 bits per heavy atom. The average Bonchev–Trinajstić information content (AvgIpc) is 2.89. The van der Waals surface area contributed by atoms with Crippen LogP contribution in [-0.2, 0) is 6.42 Å². The molecule has 184 valence electrons. The van der Waals surface area contributed by atoms with Crippen LogP contribution in [0.15, 0.2) is 48.5 Å². The molecule has 2 saturated carbocycles. The van der Waals surface area contributed by atoms with E-state index in [0.29, 0.717) is 17.2 Å². The van der Waals surface area contributed by atoms with E-state index in [-0.39, 0.29) is 5.97 Å². The number of hydrogen-bond donors (Lipinski definition) is 0. The van der Waals surface area contributed by atoms with Crippen molar-refractivity contribution in [2.24, 2.45) is 17.8 Å². The molecule has 2 aromatic rings. The number of carbonyl (C=O) groups excluding carboxylic acids is 1. The Labute approximate surface area is 207 Å². The molecule has 0 radical (unpaired) electrons. The zero-order valence-corrected chi connectivity index (χ0v) is 21.4. The molecule has 0 aliphatic heterocycles. The normalized spacial score (nSPS) is 25.1. The van der Waals surface area contributed by atoms with E-state index in [4.69, 9.17) is 4.74 Å². The number of ether oxygens (including phenoxy) is 1. The van der Waals surface area contributed by atoms with Gasteiger partial charge in [-0.25, -0.2) is 4.79 Å². The van der Waals surface area contributed by atoms with Gasteiger partial charge in [-0.3, -0.25) is 0 Å². The molecule has 0 bridgehead atoms. The van der Waals surface area contributed by atoms with Crippen molar-refractivity contribution in [2.75, 3.05) is 0 Å². The van der Waals surface area contributed by atoms with Crippen LogP contribution >= 0.6 is 0 Å². The molecule has 2 heteroatoms. The van der Waals surface area contributed by atoms with Crippen LogP contribution in [0.1, 0.15) is 118 Å². The first-order valence-electron chi connectivity index (χ1n) is 14.1. The highest BCUT2D eigenvalue weighted by molar-refractivity contribution is 5.91. The van der Waals surface area contributed by atoms with Gasteiger partial charge in [0.15, 0.2) is 0 Å². The van der Waals surface area contributed by atoms with Gasteiger partial charge in [0, 0.05) is 0 Å². The number of benzene rings is 2. The van der Waals surface area contributed by atoms with E-state index < -0.39 is 0 Å². The summed E-state index contributed by atoms with van der Waals surface area (Å²) in [5, 5.41) is 0. The summed E-state index contributed by atoms with van der Waals surface area (Å²) >= 11 is 0. The van der Waals surface area contributed by atoms with E-state index >= 15 is 0 Å². The second-order valence-corrected chi connectivity index (χ2v) is 10.9. The Morgan fingerprint density at radius 2 is 1.38 bits per heavy atom. The Hall–Kier alpha value is -2.09. The van der Waals surface area contributed by atoms with Gasteiger partial charge in [0.1, 0.15) is 5.75 Å². The third-order valence-electron chi connectivity index (χ3n) is 8.60. The molecule has 2 fully saturated rings. The van der Waals surface area contributed by atoms with E-state index in [2.05, 4.69) is 38.1 Å².